The van der Waals surface area contributed by atoms with Gasteiger partial charge in [-0.1, -0.05) is 15.9 Å². The number of halogens is 2. The van der Waals surface area contributed by atoms with Crippen molar-refractivity contribution in [1.29, 1.82) is 0 Å². The number of amides is 2. The molecule has 0 aromatic carbocycles. The van der Waals surface area contributed by atoms with E-state index < -0.39 is 23.8 Å². The van der Waals surface area contributed by atoms with Gasteiger partial charge in [-0.25, -0.2) is 4.79 Å². The van der Waals surface area contributed by atoms with Crippen molar-refractivity contribution in [3.63, 3.8) is 0 Å². The van der Waals surface area contributed by atoms with Gasteiger partial charge in [0.05, 0.1) is 0 Å². The average Bonchev–Trinajstić information content (AvgIpc) is 2.42. The number of thioether (sulfide) groups is 1. The fraction of sp³-hybridized carbons (Fsp3) is 0.500. The van der Waals surface area contributed by atoms with Crippen molar-refractivity contribution in [2.24, 2.45) is 0 Å². The molecule has 104 valence electrons. The van der Waals surface area contributed by atoms with E-state index in [1.807, 2.05) is 0 Å². The van der Waals surface area contributed by atoms with E-state index >= 15 is 0 Å². The second-order valence-corrected chi connectivity index (χ2v) is 5.91. The largest absolute Gasteiger partial charge is 0.477 e. The summed E-state index contributed by atoms with van der Waals surface area (Å²) in [6.45, 7) is 0. The molecule has 1 fully saturated rings. The van der Waals surface area contributed by atoms with Crippen molar-refractivity contribution < 1.29 is 19.5 Å². The van der Waals surface area contributed by atoms with Crippen LogP contribution in [0, 0.1) is 0 Å². The predicted octanol–water partition coefficient (Wildman–Crippen LogP) is 0.359. The summed E-state index contributed by atoms with van der Waals surface area (Å²) in [6.07, 6.45) is 0. The van der Waals surface area contributed by atoms with E-state index in [4.69, 9.17) is 11.6 Å². The van der Waals surface area contributed by atoms with Gasteiger partial charge in [-0.15, -0.1) is 23.4 Å². The topological polar surface area (TPSA) is 86.7 Å². The number of alkyl halides is 2. The molecule has 2 heterocycles. The van der Waals surface area contributed by atoms with Crippen LogP contribution in [0.4, 0.5) is 0 Å². The van der Waals surface area contributed by atoms with Crippen LogP contribution < -0.4 is 5.32 Å². The van der Waals surface area contributed by atoms with Crippen LogP contribution in [0.1, 0.15) is 0 Å². The molecule has 0 spiro atoms. The average molecular weight is 370 g/mol. The van der Waals surface area contributed by atoms with Crippen LogP contribution in [0.3, 0.4) is 0 Å². The summed E-state index contributed by atoms with van der Waals surface area (Å²) in [5.41, 5.74) is 0.672. The summed E-state index contributed by atoms with van der Waals surface area (Å²) in [7, 11) is 0. The predicted molar refractivity (Wildman–Crippen MR) is 74.2 cm³/mol. The normalized spacial score (nSPS) is 25.8. The fourth-order valence-electron chi connectivity index (χ4n) is 2.00. The molecule has 0 radical (unpaired) electrons. The summed E-state index contributed by atoms with van der Waals surface area (Å²) in [4.78, 5) is 35.7. The molecule has 19 heavy (non-hydrogen) atoms. The molecule has 1 unspecified atom stereocenters. The smallest absolute Gasteiger partial charge is 0.352 e. The van der Waals surface area contributed by atoms with Crippen molar-refractivity contribution >= 4 is 57.1 Å². The maximum Gasteiger partial charge on any atom is 0.352 e. The molecule has 0 saturated carbocycles. The number of hydrogen-bond acceptors (Lipinski definition) is 4. The Morgan fingerprint density at radius 2 is 2.26 bits per heavy atom. The molecule has 2 atom stereocenters. The van der Waals surface area contributed by atoms with E-state index in [2.05, 4.69) is 21.2 Å². The summed E-state index contributed by atoms with van der Waals surface area (Å²) < 4.78 is 0. The number of nitrogens with one attached hydrogen (secondary N) is 1. The summed E-state index contributed by atoms with van der Waals surface area (Å²) in [5.74, 6) is -1.70. The number of carbonyl (C=O) groups excluding carboxylic acids is 2. The lowest BCUT2D eigenvalue weighted by Crippen LogP contribution is -2.70. The fourth-order valence-corrected chi connectivity index (χ4v) is 4.15. The second kappa shape index (κ2) is 5.72. The summed E-state index contributed by atoms with van der Waals surface area (Å²) in [5, 5.41) is 11.7. The lowest BCUT2D eigenvalue weighted by Gasteiger charge is -2.49. The first-order valence-electron chi connectivity index (χ1n) is 5.32. The van der Waals surface area contributed by atoms with Gasteiger partial charge in [0.15, 0.2) is 0 Å². The van der Waals surface area contributed by atoms with E-state index in [0.717, 1.165) is 0 Å². The highest BCUT2D eigenvalue weighted by Crippen LogP contribution is 2.40. The molecular formula is C10H10BrClN2O4S. The molecule has 1 saturated heterocycles. The Bertz CT molecular complexity index is 484. The molecule has 2 aliphatic rings. The molecule has 0 aromatic heterocycles. The molecule has 0 aromatic rings. The zero-order valence-corrected chi connectivity index (χ0v) is 12.7. The number of carbonyl (C=O) groups is 3. The number of hydrogen-bond donors (Lipinski definition) is 2. The van der Waals surface area contributed by atoms with Crippen LogP contribution in [0.5, 0.6) is 0 Å². The SMILES string of the molecule is O=C(CCl)NC1C(=O)N2C(C(=O)O)=C(CBr)CS[C@H]12. The maximum atomic E-state index is 12.0. The van der Waals surface area contributed by atoms with Crippen LogP contribution in [0.15, 0.2) is 11.3 Å². The number of rotatable bonds is 4. The molecule has 0 aliphatic carbocycles. The van der Waals surface area contributed by atoms with Gasteiger partial charge in [0.1, 0.15) is 23.0 Å². The summed E-state index contributed by atoms with van der Waals surface area (Å²) in [6, 6.07) is -0.692. The van der Waals surface area contributed by atoms with E-state index in [1.54, 1.807) is 0 Å². The monoisotopic (exact) mass is 368 g/mol. The zero-order valence-electron chi connectivity index (χ0n) is 9.56. The standard InChI is InChI=1S/C10H10BrClN2O4S/c11-1-4-3-19-9-6(13-5(15)2-12)8(16)14(9)7(4)10(17)18/h6,9H,1-3H2,(H,13,15)(H,17,18)/t6?,9-/m1/s1. The third kappa shape index (κ3) is 2.48. The first-order chi connectivity index (χ1) is 9.01. The van der Waals surface area contributed by atoms with Gasteiger partial charge in [0.2, 0.25) is 5.91 Å². The third-order valence-electron chi connectivity index (χ3n) is 2.85. The number of β-lactam (4-membered cyclic amide) rings is 1. The van der Waals surface area contributed by atoms with Crippen LogP contribution in [-0.2, 0) is 14.4 Å². The van der Waals surface area contributed by atoms with Gasteiger partial charge in [0, 0.05) is 11.1 Å². The van der Waals surface area contributed by atoms with Gasteiger partial charge >= 0.3 is 5.97 Å². The van der Waals surface area contributed by atoms with Crippen molar-refractivity contribution in [2.75, 3.05) is 17.0 Å². The Morgan fingerprint density at radius 1 is 1.58 bits per heavy atom. The van der Waals surface area contributed by atoms with Gasteiger partial charge in [-0.3, -0.25) is 14.5 Å². The highest BCUT2D eigenvalue weighted by atomic mass is 79.9. The molecule has 2 rings (SSSR count). The van der Waals surface area contributed by atoms with E-state index in [1.165, 1.54) is 16.7 Å². The first kappa shape index (κ1) is 14.7. The van der Waals surface area contributed by atoms with Crippen molar-refractivity contribution in [1.82, 2.24) is 10.2 Å². The number of nitrogens with zero attached hydrogens (tertiary/aromatic N) is 1. The summed E-state index contributed by atoms with van der Waals surface area (Å²) >= 11 is 10.0. The number of fused-ring (bicyclic) bond motifs is 1. The lowest BCUT2D eigenvalue weighted by atomic mass is 10.0. The van der Waals surface area contributed by atoms with Crippen molar-refractivity contribution in [3.8, 4) is 0 Å². The molecule has 6 nitrogen and oxygen atoms in total. The van der Waals surface area contributed by atoms with Gasteiger partial charge in [-0.05, 0) is 5.57 Å². The molecule has 2 N–H and O–H groups in total. The number of aliphatic carboxylic acids is 1. The highest BCUT2D eigenvalue weighted by Gasteiger charge is 2.53. The van der Waals surface area contributed by atoms with Gasteiger partial charge in [0.25, 0.3) is 5.91 Å². The Morgan fingerprint density at radius 3 is 2.79 bits per heavy atom. The quantitative estimate of drug-likeness (QED) is 0.552. The number of carboxylic acids is 1. The third-order valence-corrected chi connectivity index (χ3v) is 5.11. The Balaban J connectivity index is 2.21. The lowest BCUT2D eigenvalue weighted by molar-refractivity contribution is -0.150. The second-order valence-electron chi connectivity index (χ2n) is 3.98. The van der Waals surface area contributed by atoms with Crippen LogP contribution in [0.25, 0.3) is 0 Å². The Kier molecular flexibility index (Phi) is 4.42. The van der Waals surface area contributed by atoms with E-state index in [9.17, 15) is 19.5 Å². The van der Waals surface area contributed by atoms with Crippen LogP contribution >= 0.6 is 39.3 Å². The molecule has 2 aliphatic heterocycles. The highest BCUT2D eigenvalue weighted by molar-refractivity contribution is 9.09. The minimum Gasteiger partial charge on any atom is -0.477 e. The zero-order chi connectivity index (χ0) is 14.2. The Labute approximate surface area is 126 Å². The minimum absolute atomic E-state index is 0.0157. The van der Waals surface area contributed by atoms with Gasteiger partial charge in [-0.2, -0.15) is 0 Å². The Hall–Kier alpha value is -0.730. The molecule has 9 heteroatoms. The van der Waals surface area contributed by atoms with E-state index in [-0.39, 0.29) is 17.0 Å². The van der Waals surface area contributed by atoms with E-state index in [0.29, 0.717) is 16.7 Å². The molecule has 0 bridgehead atoms. The molecular weight excluding hydrogens is 360 g/mol. The first-order valence-corrected chi connectivity index (χ1v) is 8.03. The van der Waals surface area contributed by atoms with Gasteiger partial charge < -0.3 is 10.4 Å². The molecule has 2 amide bonds. The van der Waals surface area contributed by atoms with Crippen LogP contribution in [0.2, 0.25) is 0 Å². The number of carboxylic acid groups (broad SMARTS) is 1. The maximum absolute atomic E-state index is 12.0. The van der Waals surface area contributed by atoms with Crippen molar-refractivity contribution in [2.45, 2.75) is 11.4 Å². The minimum atomic E-state index is -1.13. The van der Waals surface area contributed by atoms with Crippen LogP contribution in [-0.4, -0.2) is 56.2 Å². The van der Waals surface area contributed by atoms with Crippen molar-refractivity contribution in [3.05, 3.63) is 11.3 Å².